The maximum absolute atomic E-state index is 8.89. The van der Waals surface area contributed by atoms with E-state index in [1.807, 2.05) is 12.1 Å². The zero-order chi connectivity index (χ0) is 18.8. The summed E-state index contributed by atoms with van der Waals surface area (Å²) in [5, 5.41) is 20.2. The third-order valence-corrected chi connectivity index (χ3v) is 3.95. The van der Waals surface area contributed by atoms with Crippen LogP contribution in [0.2, 0.25) is 0 Å². The fraction of sp³-hybridized carbons (Fsp3) is 0.650. The van der Waals surface area contributed by atoms with E-state index < -0.39 is 5.97 Å². The van der Waals surface area contributed by atoms with Gasteiger partial charge in [0.1, 0.15) is 5.69 Å². The van der Waals surface area contributed by atoms with Crippen LogP contribution in [0.5, 0.6) is 0 Å². The average molecular weight is 454 g/mol. The second-order valence-electron chi connectivity index (χ2n) is 6.33. The number of carboxylic acid groups (broad SMARTS) is 1. The molecular formula is C20H33N3O2Pd. The number of unbranched alkanes of at least 4 members (excludes halogenated alkanes) is 9. The Bertz CT molecular complexity index is 483. The smallest absolute Gasteiger partial charge is 0.308 e. The van der Waals surface area contributed by atoms with Crippen LogP contribution in [0, 0.1) is 5.39 Å². The van der Waals surface area contributed by atoms with Crippen molar-refractivity contribution in [3.63, 3.8) is 0 Å². The third kappa shape index (κ3) is 18.9. The topological polar surface area (TPSA) is 80.3 Å². The van der Waals surface area contributed by atoms with Crippen molar-refractivity contribution in [2.45, 2.75) is 84.5 Å². The summed E-state index contributed by atoms with van der Waals surface area (Å²) in [6.07, 6.45) is 14.9. The zero-order valence-corrected chi connectivity index (χ0v) is 17.7. The van der Waals surface area contributed by atoms with Crippen LogP contribution in [-0.4, -0.2) is 5.97 Å². The zero-order valence-electron chi connectivity index (χ0n) is 16.1. The molecule has 0 aliphatic rings. The van der Waals surface area contributed by atoms with E-state index in [1.165, 1.54) is 69.8 Å². The number of aliphatic carboxylic acids is 1. The molecule has 1 rings (SSSR count). The number of hydrogen-bond acceptors (Lipinski definition) is 4. The molecule has 0 saturated carbocycles. The van der Waals surface area contributed by atoms with E-state index in [1.54, 1.807) is 0 Å². The predicted octanol–water partition coefficient (Wildman–Crippen LogP) is 5.08. The Hall–Kier alpha value is -1.43. The van der Waals surface area contributed by atoms with E-state index >= 15 is 0 Å². The average Bonchev–Trinajstić information content (AvgIpc) is 2.58. The summed E-state index contributed by atoms with van der Waals surface area (Å²) in [4.78, 5) is 8.89. The second kappa shape index (κ2) is 19.9. The fourth-order valence-electron chi connectivity index (χ4n) is 2.62. The van der Waals surface area contributed by atoms with E-state index in [0.29, 0.717) is 0 Å². The molecular weight excluding hydrogens is 421 g/mol. The molecule has 0 unspecified atom stereocenters. The van der Waals surface area contributed by atoms with E-state index in [4.69, 9.17) is 15.3 Å². The Morgan fingerprint density at radius 1 is 0.962 bits per heavy atom. The molecule has 1 aromatic carbocycles. The van der Waals surface area contributed by atoms with Crippen LogP contribution >= 0.6 is 0 Å². The molecule has 6 heteroatoms. The second-order valence-corrected chi connectivity index (χ2v) is 6.33. The SMILES string of the molecule is CC(=O)[O-].CCCCCCCCCCCCc1ccc(N[N+]#N)cc1.[Pd]. The van der Waals surface area contributed by atoms with Gasteiger partial charge in [-0.3, -0.25) is 0 Å². The van der Waals surface area contributed by atoms with Crippen LogP contribution in [0.25, 0.3) is 5.08 Å². The molecule has 0 radical (unpaired) electrons. The van der Waals surface area contributed by atoms with E-state index in [2.05, 4.69) is 29.6 Å². The van der Waals surface area contributed by atoms with Crippen molar-refractivity contribution in [1.29, 1.82) is 5.39 Å². The first kappa shape index (κ1) is 26.8. The molecule has 0 heterocycles. The predicted molar refractivity (Wildman–Crippen MR) is 101 cm³/mol. The van der Waals surface area contributed by atoms with Gasteiger partial charge in [0.15, 0.2) is 0 Å². The number of hydrogen-bond donors (Lipinski definition) is 1. The summed E-state index contributed by atoms with van der Waals surface area (Å²) in [7, 11) is 0. The molecule has 150 valence electrons. The van der Waals surface area contributed by atoms with Gasteiger partial charge in [0.05, 0.1) is 0 Å². The van der Waals surface area contributed by atoms with Crippen molar-refractivity contribution in [2.75, 3.05) is 5.43 Å². The van der Waals surface area contributed by atoms with Gasteiger partial charge < -0.3 is 9.90 Å². The quantitative estimate of drug-likeness (QED) is 0.207. The normalized spacial score (nSPS) is 9.27. The standard InChI is InChI=1S/C18H30N3.C2H4O2.Pd/c1-2-3-4-5-6-7-8-9-10-11-12-17-13-15-18(16-14-17)20-21-19;1-2(3)4;/h13-16,20H,2-12H2,1H3;1H3,(H,3,4);/q+1;;/p-1. The molecule has 0 aliphatic carbocycles. The third-order valence-electron chi connectivity index (χ3n) is 3.95. The van der Waals surface area contributed by atoms with Gasteiger partial charge in [-0.25, -0.2) is 0 Å². The molecule has 0 atom stereocenters. The Morgan fingerprint density at radius 2 is 1.38 bits per heavy atom. The maximum Gasteiger partial charge on any atom is 0.308 e. The summed E-state index contributed by atoms with van der Waals surface area (Å²) >= 11 is 0. The summed E-state index contributed by atoms with van der Waals surface area (Å²) in [5.74, 6) is -1.08. The van der Waals surface area contributed by atoms with Crippen molar-refractivity contribution in [3.8, 4) is 0 Å². The molecule has 0 saturated heterocycles. The number of diazo groups is 1. The molecule has 1 N–H and O–H groups in total. The van der Waals surface area contributed by atoms with Crippen LogP contribution in [-0.2, 0) is 31.6 Å². The molecule has 1 aromatic rings. The van der Waals surface area contributed by atoms with Gasteiger partial charge in [-0.05, 0) is 42.9 Å². The number of carboxylic acids is 1. The number of nitrogens with zero attached hydrogens (tertiary/aromatic N) is 2. The van der Waals surface area contributed by atoms with Crippen molar-refractivity contribution in [2.24, 2.45) is 0 Å². The molecule has 5 nitrogen and oxygen atoms in total. The first-order valence-corrected chi connectivity index (χ1v) is 9.46. The number of rotatable bonds is 12. The molecule has 0 aromatic heterocycles. The van der Waals surface area contributed by atoms with Crippen LogP contribution in [0.4, 0.5) is 5.69 Å². The Balaban J connectivity index is 0. The van der Waals surface area contributed by atoms with Crippen LogP contribution in [0.3, 0.4) is 0 Å². The first-order valence-electron chi connectivity index (χ1n) is 9.46. The van der Waals surface area contributed by atoms with Gasteiger partial charge in [0, 0.05) is 26.4 Å². The number of anilines is 1. The fourth-order valence-corrected chi connectivity index (χ4v) is 2.62. The number of carbonyl (C=O) groups is 1. The van der Waals surface area contributed by atoms with E-state index in [9.17, 15) is 0 Å². The van der Waals surface area contributed by atoms with Crippen LogP contribution in [0.1, 0.15) is 83.6 Å². The Kier molecular flexibility index (Phi) is 20.5. The number of benzene rings is 1. The summed E-state index contributed by atoms with van der Waals surface area (Å²) < 4.78 is 0. The summed E-state index contributed by atoms with van der Waals surface area (Å²) in [6.45, 7) is 3.24. The van der Waals surface area contributed by atoms with E-state index in [0.717, 1.165) is 19.0 Å². The minimum Gasteiger partial charge on any atom is -0.550 e. The van der Waals surface area contributed by atoms with Gasteiger partial charge in [0.25, 0.3) is 5.39 Å². The van der Waals surface area contributed by atoms with Gasteiger partial charge >= 0.3 is 5.08 Å². The van der Waals surface area contributed by atoms with Gasteiger partial charge in [0.2, 0.25) is 0 Å². The summed E-state index contributed by atoms with van der Waals surface area (Å²) in [6, 6.07) is 8.10. The minimum atomic E-state index is -1.08. The van der Waals surface area contributed by atoms with Gasteiger partial charge in [-0.15, -0.1) is 0 Å². The van der Waals surface area contributed by atoms with Gasteiger partial charge in [-0.2, -0.15) is 0 Å². The molecule has 0 spiro atoms. The first-order chi connectivity index (χ1) is 12.1. The summed E-state index contributed by atoms with van der Waals surface area (Å²) in [5.41, 5.74) is 4.71. The molecule has 0 aliphatic heterocycles. The van der Waals surface area contributed by atoms with Crippen molar-refractivity contribution in [3.05, 3.63) is 34.9 Å². The van der Waals surface area contributed by atoms with E-state index in [-0.39, 0.29) is 20.4 Å². The minimum absolute atomic E-state index is 0. The number of carbonyl (C=O) groups excluding carboxylic acids is 1. The molecule has 0 fully saturated rings. The Morgan fingerprint density at radius 3 is 1.81 bits per heavy atom. The molecule has 0 bridgehead atoms. The largest absolute Gasteiger partial charge is 0.550 e. The van der Waals surface area contributed by atoms with Crippen LogP contribution < -0.4 is 10.5 Å². The maximum atomic E-state index is 8.89. The molecule has 26 heavy (non-hydrogen) atoms. The van der Waals surface area contributed by atoms with Crippen molar-refractivity contribution < 1.29 is 30.3 Å². The number of aryl methyl sites for hydroxylation is 1. The Labute approximate surface area is 172 Å². The van der Waals surface area contributed by atoms with Crippen molar-refractivity contribution in [1.82, 2.24) is 0 Å². The monoisotopic (exact) mass is 453 g/mol. The number of nitrogens with one attached hydrogen (secondary N) is 1. The van der Waals surface area contributed by atoms with Gasteiger partial charge in [-0.1, -0.05) is 76.8 Å². The van der Waals surface area contributed by atoms with Crippen LogP contribution in [0.15, 0.2) is 24.3 Å². The molecule has 0 amide bonds. The van der Waals surface area contributed by atoms with Crippen molar-refractivity contribution >= 4 is 11.7 Å².